The summed E-state index contributed by atoms with van der Waals surface area (Å²) in [5.41, 5.74) is 16.7. The van der Waals surface area contributed by atoms with Crippen LogP contribution in [0, 0.1) is 17.2 Å². The third kappa shape index (κ3) is 14.4. The maximum absolute atomic E-state index is 13.8. The van der Waals surface area contributed by atoms with Crippen LogP contribution in [0.15, 0.2) is 35.5 Å². The average molecular weight is 843 g/mol. The second-order valence-corrected chi connectivity index (χ2v) is 14.5. The lowest BCUT2D eigenvalue weighted by molar-refractivity contribution is -0.142. The number of rotatable bonds is 22. The van der Waals surface area contributed by atoms with Gasteiger partial charge in [0.05, 0.1) is 35.9 Å². The van der Waals surface area contributed by atoms with Crippen LogP contribution < -0.4 is 43.8 Å². The highest BCUT2D eigenvalue weighted by Gasteiger charge is 2.47. The van der Waals surface area contributed by atoms with E-state index in [1.54, 1.807) is 19.9 Å². The van der Waals surface area contributed by atoms with Gasteiger partial charge in [-0.1, -0.05) is 26.0 Å². The number of hydrogen-bond donors (Lipinski definition) is 9. The Morgan fingerprint density at radius 1 is 0.983 bits per heavy atom. The zero-order valence-electron chi connectivity index (χ0n) is 33.3. The molecule has 3 rings (SSSR count). The van der Waals surface area contributed by atoms with E-state index < -0.39 is 96.9 Å². The zero-order valence-corrected chi connectivity index (χ0v) is 33.3. The Bertz CT molecular complexity index is 1970. The molecular formula is C38H52F2N12O8. The summed E-state index contributed by atoms with van der Waals surface area (Å²) in [7, 11) is 0. The van der Waals surface area contributed by atoms with Crippen molar-refractivity contribution in [2.24, 2.45) is 28.1 Å². The van der Waals surface area contributed by atoms with E-state index >= 15 is 0 Å². The number of benzene rings is 1. The number of carboxylic acids is 1. The van der Waals surface area contributed by atoms with Crippen molar-refractivity contribution in [2.75, 3.05) is 31.5 Å². The van der Waals surface area contributed by atoms with Crippen molar-refractivity contribution in [1.82, 2.24) is 31.2 Å². The number of hydrogen-bond acceptors (Lipinski definition) is 11. The molecule has 0 saturated carbocycles. The van der Waals surface area contributed by atoms with Crippen molar-refractivity contribution in [2.45, 2.75) is 95.3 Å². The summed E-state index contributed by atoms with van der Waals surface area (Å²) in [6, 6.07) is 2.70. The van der Waals surface area contributed by atoms with Gasteiger partial charge < -0.3 is 53.8 Å². The van der Waals surface area contributed by atoms with Crippen molar-refractivity contribution in [3.8, 4) is 6.07 Å². The first-order chi connectivity index (χ1) is 28.4. The lowest BCUT2D eigenvalue weighted by atomic mass is 10.0. The fraction of sp³-hybridized carbons (Fsp3) is 0.526. The zero-order chi connectivity index (χ0) is 44.6. The Balaban J connectivity index is 1.65. The number of fused-ring (bicyclic) bond motifs is 1. The van der Waals surface area contributed by atoms with Crippen LogP contribution in [0.2, 0.25) is 0 Å². The molecule has 0 bridgehead atoms. The molecule has 12 N–H and O–H groups in total. The maximum Gasteiger partial charge on any atom is 0.326 e. The highest BCUT2D eigenvalue weighted by atomic mass is 19.3. The van der Waals surface area contributed by atoms with Gasteiger partial charge in [-0.2, -0.15) is 5.26 Å². The lowest BCUT2D eigenvalue weighted by Gasteiger charge is -2.26. The van der Waals surface area contributed by atoms with E-state index in [1.807, 2.05) is 0 Å². The van der Waals surface area contributed by atoms with E-state index in [4.69, 9.17) is 17.2 Å². The molecular weight excluding hydrogens is 790 g/mol. The van der Waals surface area contributed by atoms with E-state index in [-0.39, 0.29) is 66.8 Å². The number of halogens is 2. The van der Waals surface area contributed by atoms with Gasteiger partial charge in [-0.15, -0.1) is 0 Å². The number of nitrogens with one attached hydrogen (secondary N) is 5. The van der Waals surface area contributed by atoms with Gasteiger partial charge in [0.25, 0.3) is 11.8 Å². The topological polar surface area (TPSA) is 330 Å². The van der Waals surface area contributed by atoms with Crippen LogP contribution in [0.4, 0.5) is 14.5 Å². The standard InChI is InChI=1S/C38H52F2N12O8/c1-21(2)31(35(58)50-27(36(59)60)8-3-4-14-41)51-34(57)26(10-6-15-46-37(43)44)49-29(54)12-11-28(53)48-25-9-5-7-23-24(13-16-45-32(23)25)33(56)47-19-30(55)52-20-38(39,40)17-22(52)18-42/h5,7,9,13,16,21-22,26-27,31H,3-4,6,8,10-12,14-15,17,19-20,41H2,1-2H3,(H,47,56)(H,48,53)(H,49,54)(H,50,58)(H,51,57)(H,59,60)(H4,43,44,46)/t22-,26-,27-,31+/m0/s1. The van der Waals surface area contributed by atoms with Crippen LogP contribution in [0.1, 0.15) is 75.6 Å². The number of carbonyl (C=O) groups excluding carboxylic acids is 6. The number of amides is 6. The first-order valence-electron chi connectivity index (χ1n) is 19.3. The van der Waals surface area contributed by atoms with Gasteiger partial charge in [0, 0.05) is 37.4 Å². The monoisotopic (exact) mass is 842 g/mol. The number of nitrogens with zero attached hydrogens (tertiary/aromatic N) is 4. The molecule has 2 heterocycles. The van der Waals surface area contributed by atoms with E-state index in [0.717, 1.165) is 4.90 Å². The second-order valence-electron chi connectivity index (χ2n) is 14.5. The average Bonchev–Trinajstić information content (AvgIpc) is 3.52. The molecule has 1 aromatic carbocycles. The predicted octanol–water partition coefficient (Wildman–Crippen LogP) is -0.179. The molecule has 1 saturated heterocycles. The molecule has 22 heteroatoms. The third-order valence-corrected chi connectivity index (χ3v) is 9.41. The van der Waals surface area contributed by atoms with Gasteiger partial charge in [0.15, 0.2) is 5.96 Å². The number of carbonyl (C=O) groups is 7. The SMILES string of the molecule is CC(C)[C@@H](NC(=O)[C@H](CCCN=C(N)N)NC(=O)CCC(=O)Nc1cccc2c(C(=O)NCC(=O)N3CC(F)(F)C[C@H]3C#N)ccnc12)C(=O)N[C@@H](CCCCN)C(=O)O. The number of unbranched alkanes of at least 4 members (excludes halogenated alkanes) is 1. The third-order valence-electron chi connectivity index (χ3n) is 9.41. The van der Waals surface area contributed by atoms with E-state index in [0.29, 0.717) is 19.4 Å². The summed E-state index contributed by atoms with van der Waals surface area (Å²) >= 11 is 0. The van der Waals surface area contributed by atoms with Crippen LogP contribution in [0.25, 0.3) is 10.9 Å². The van der Waals surface area contributed by atoms with Crippen molar-refractivity contribution in [1.29, 1.82) is 5.26 Å². The first-order valence-corrected chi connectivity index (χ1v) is 19.3. The lowest BCUT2D eigenvalue weighted by Crippen LogP contribution is -2.57. The van der Waals surface area contributed by atoms with Gasteiger partial charge in [0.2, 0.25) is 29.5 Å². The fourth-order valence-corrected chi connectivity index (χ4v) is 6.30. The Kier molecular flexibility index (Phi) is 18.0. The number of nitrogens with two attached hydrogens (primary N) is 3. The number of carboxylic acid groups (broad SMARTS) is 1. The molecule has 1 aromatic heterocycles. The minimum absolute atomic E-state index is 0.0319. The Hall–Kier alpha value is -6.50. The highest BCUT2D eigenvalue weighted by Crippen LogP contribution is 2.31. The minimum atomic E-state index is -3.22. The number of aliphatic carboxylic acids is 1. The smallest absolute Gasteiger partial charge is 0.326 e. The van der Waals surface area contributed by atoms with Gasteiger partial charge in [-0.05, 0) is 56.7 Å². The molecule has 2 aromatic rings. The second kappa shape index (κ2) is 22.6. The summed E-state index contributed by atoms with van der Waals surface area (Å²) in [5.74, 6) is -9.51. The van der Waals surface area contributed by atoms with E-state index in [2.05, 4.69) is 36.6 Å². The number of anilines is 1. The number of likely N-dealkylation sites (tertiary alicyclic amines) is 1. The van der Waals surface area contributed by atoms with E-state index in [1.165, 1.54) is 30.5 Å². The van der Waals surface area contributed by atoms with Crippen LogP contribution in [0.3, 0.4) is 0 Å². The molecule has 0 spiro atoms. The van der Waals surface area contributed by atoms with Crippen LogP contribution in [-0.4, -0.2) is 119 Å². The molecule has 1 aliphatic rings. The van der Waals surface area contributed by atoms with Gasteiger partial charge >= 0.3 is 5.97 Å². The normalized spacial score (nSPS) is 15.8. The molecule has 4 atom stereocenters. The molecule has 20 nitrogen and oxygen atoms in total. The Morgan fingerprint density at radius 3 is 2.33 bits per heavy atom. The Labute approximate surface area is 344 Å². The summed E-state index contributed by atoms with van der Waals surface area (Å²) in [6.45, 7) is 2.19. The molecule has 6 amide bonds. The maximum atomic E-state index is 13.8. The number of guanidine groups is 1. The number of aromatic nitrogens is 1. The number of pyridine rings is 1. The number of alkyl halides is 2. The summed E-state index contributed by atoms with van der Waals surface area (Å²) in [6.07, 6.45) is 1.17. The molecule has 1 fully saturated rings. The fourth-order valence-electron chi connectivity index (χ4n) is 6.30. The number of nitriles is 1. The number of aliphatic imine (C=N–C) groups is 1. The van der Waals surface area contributed by atoms with Crippen LogP contribution in [-0.2, 0) is 28.8 Å². The molecule has 326 valence electrons. The summed E-state index contributed by atoms with van der Waals surface area (Å²) in [4.78, 5) is 99.3. The van der Waals surface area contributed by atoms with Gasteiger partial charge in [0.1, 0.15) is 24.2 Å². The van der Waals surface area contributed by atoms with E-state index in [9.17, 15) is 52.7 Å². The largest absolute Gasteiger partial charge is 0.480 e. The molecule has 0 radical (unpaired) electrons. The van der Waals surface area contributed by atoms with Crippen molar-refractivity contribution in [3.63, 3.8) is 0 Å². The quantitative estimate of drug-likeness (QED) is 0.0423. The summed E-state index contributed by atoms with van der Waals surface area (Å²) < 4.78 is 27.6. The summed E-state index contributed by atoms with van der Waals surface area (Å²) in [5, 5.41) is 31.8. The molecule has 0 aliphatic carbocycles. The number of para-hydroxylation sites is 1. The molecule has 1 aliphatic heterocycles. The van der Waals surface area contributed by atoms with Crippen LogP contribution in [0.5, 0.6) is 0 Å². The molecule has 0 unspecified atom stereocenters. The van der Waals surface area contributed by atoms with Gasteiger partial charge in [-0.3, -0.25) is 38.7 Å². The predicted molar refractivity (Wildman–Crippen MR) is 214 cm³/mol. The van der Waals surface area contributed by atoms with Crippen molar-refractivity contribution < 1.29 is 47.4 Å². The Morgan fingerprint density at radius 2 is 1.68 bits per heavy atom. The van der Waals surface area contributed by atoms with Crippen molar-refractivity contribution in [3.05, 3.63) is 36.0 Å². The first kappa shape index (κ1) is 47.9. The van der Waals surface area contributed by atoms with Crippen LogP contribution >= 0.6 is 0 Å². The minimum Gasteiger partial charge on any atom is -0.480 e. The highest BCUT2D eigenvalue weighted by molar-refractivity contribution is 6.11. The van der Waals surface area contributed by atoms with Gasteiger partial charge in [-0.25, -0.2) is 13.6 Å². The molecule has 60 heavy (non-hydrogen) atoms. The van der Waals surface area contributed by atoms with Crippen molar-refractivity contribution >= 4 is 64.0 Å².